The Kier molecular flexibility index (Phi) is 4.93. The predicted octanol–water partition coefficient (Wildman–Crippen LogP) is 4.19. The van der Waals surface area contributed by atoms with E-state index in [0.717, 1.165) is 11.1 Å². The van der Waals surface area contributed by atoms with Gasteiger partial charge >= 0.3 is 0 Å². The van der Waals surface area contributed by atoms with Crippen LogP contribution in [0.25, 0.3) is 22.8 Å². The molecule has 0 aliphatic rings. The summed E-state index contributed by atoms with van der Waals surface area (Å²) >= 11 is 0. The summed E-state index contributed by atoms with van der Waals surface area (Å²) in [5.74, 6) is 0.851. The molecule has 0 fully saturated rings. The SMILES string of the molecule is CCN(CC)C(=O)c1ccccc1-c1nc(-c2ccccc2C)no1. The van der Waals surface area contributed by atoms with Gasteiger partial charge in [0.25, 0.3) is 11.8 Å². The fourth-order valence-corrected chi connectivity index (χ4v) is 2.80. The van der Waals surface area contributed by atoms with Gasteiger partial charge in [-0.15, -0.1) is 0 Å². The standard InChI is InChI=1S/C20H21N3O2/c1-4-23(5-2)20(24)17-13-9-8-12-16(17)19-21-18(22-25-19)15-11-7-6-10-14(15)3/h6-13H,4-5H2,1-3H3. The van der Waals surface area contributed by atoms with Crippen molar-refractivity contribution in [1.29, 1.82) is 0 Å². The number of carbonyl (C=O) groups excluding carboxylic acids is 1. The molecule has 25 heavy (non-hydrogen) atoms. The van der Waals surface area contributed by atoms with Crippen LogP contribution in [0.5, 0.6) is 0 Å². The molecular formula is C20H21N3O2. The minimum Gasteiger partial charge on any atom is -0.339 e. The van der Waals surface area contributed by atoms with Gasteiger partial charge in [0, 0.05) is 18.7 Å². The smallest absolute Gasteiger partial charge is 0.259 e. The van der Waals surface area contributed by atoms with Crippen LogP contribution in [0.3, 0.4) is 0 Å². The maximum absolute atomic E-state index is 12.8. The Morgan fingerprint density at radius 1 is 1.00 bits per heavy atom. The highest BCUT2D eigenvalue weighted by Crippen LogP contribution is 2.27. The van der Waals surface area contributed by atoms with E-state index in [2.05, 4.69) is 10.1 Å². The lowest BCUT2D eigenvalue weighted by molar-refractivity contribution is 0.0773. The number of hydrogen-bond acceptors (Lipinski definition) is 4. The first-order chi connectivity index (χ1) is 12.2. The number of aryl methyl sites for hydroxylation is 1. The molecule has 0 saturated carbocycles. The van der Waals surface area contributed by atoms with Crippen molar-refractivity contribution in [1.82, 2.24) is 15.0 Å². The van der Waals surface area contributed by atoms with E-state index < -0.39 is 0 Å². The molecule has 1 heterocycles. The maximum Gasteiger partial charge on any atom is 0.259 e. The topological polar surface area (TPSA) is 59.2 Å². The molecule has 0 unspecified atom stereocenters. The van der Waals surface area contributed by atoms with E-state index in [4.69, 9.17) is 4.52 Å². The molecule has 0 aliphatic carbocycles. The Morgan fingerprint density at radius 3 is 2.32 bits per heavy atom. The molecule has 3 aromatic rings. The monoisotopic (exact) mass is 335 g/mol. The number of rotatable bonds is 5. The summed E-state index contributed by atoms with van der Waals surface area (Å²) < 4.78 is 5.47. The van der Waals surface area contributed by atoms with Crippen molar-refractivity contribution in [2.45, 2.75) is 20.8 Å². The second kappa shape index (κ2) is 7.30. The summed E-state index contributed by atoms with van der Waals surface area (Å²) in [7, 11) is 0. The first kappa shape index (κ1) is 16.9. The fourth-order valence-electron chi connectivity index (χ4n) is 2.80. The highest BCUT2D eigenvalue weighted by atomic mass is 16.5. The molecule has 0 spiro atoms. The van der Waals surface area contributed by atoms with Crippen molar-refractivity contribution in [3.05, 3.63) is 59.7 Å². The molecule has 0 saturated heterocycles. The Balaban J connectivity index is 2.02. The minimum atomic E-state index is -0.0313. The molecule has 0 atom stereocenters. The highest BCUT2D eigenvalue weighted by Gasteiger charge is 2.21. The van der Waals surface area contributed by atoms with Crippen molar-refractivity contribution in [3.63, 3.8) is 0 Å². The van der Waals surface area contributed by atoms with Gasteiger partial charge in [0.15, 0.2) is 0 Å². The van der Waals surface area contributed by atoms with Crippen molar-refractivity contribution in [3.8, 4) is 22.8 Å². The van der Waals surface area contributed by atoms with Crippen molar-refractivity contribution >= 4 is 5.91 Å². The van der Waals surface area contributed by atoms with Crippen LogP contribution < -0.4 is 0 Å². The fraction of sp³-hybridized carbons (Fsp3) is 0.250. The van der Waals surface area contributed by atoms with Crippen LogP contribution in [0.15, 0.2) is 53.1 Å². The molecule has 3 rings (SSSR count). The molecule has 0 N–H and O–H groups in total. The summed E-state index contributed by atoms with van der Waals surface area (Å²) in [6.07, 6.45) is 0. The zero-order valence-corrected chi connectivity index (χ0v) is 14.7. The van der Waals surface area contributed by atoms with E-state index in [0.29, 0.717) is 35.9 Å². The normalized spacial score (nSPS) is 10.7. The van der Waals surface area contributed by atoms with Gasteiger partial charge < -0.3 is 9.42 Å². The molecule has 1 aromatic heterocycles. The Bertz CT molecular complexity index is 882. The van der Waals surface area contributed by atoms with Crippen LogP contribution in [0.4, 0.5) is 0 Å². The second-order valence-electron chi connectivity index (χ2n) is 5.76. The number of aromatic nitrogens is 2. The van der Waals surface area contributed by atoms with Gasteiger partial charge in [-0.1, -0.05) is 41.6 Å². The van der Waals surface area contributed by atoms with E-state index in [9.17, 15) is 4.79 Å². The predicted molar refractivity (Wildman–Crippen MR) is 97.2 cm³/mol. The number of hydrogen-bond donors (Lipinski definition) is 0. The first-order valence-electron chi connectivity index (χ1n) is 8.44. The Morgan fingerprint density at radius 2 is 1.64 bits per heavy atom. The summed E-state index contributed by atoms with van der Waals surface area (Å²) in [6, 6.07) is 15.2. The van der Waals surface area contributed by atoms with Crippen LogP contribution in [0.1, 0.15) is 29.8 Å². The van der Waals surface area contributed by atoms with Gasteiger partial charge in [-0.2, -0.15) is 4.98 Å². The minimum absolute atomic E-state index is 0.0313. The molecule has 5 heteroatoms. The number of amides is 1. The van der Waals surface area contributed by atoms with Gasteiger partial charge in [0.05, 0.1) is 11.1 Å². The maximum atomic E-state index is 12.8. The van der Waals surface area contributed by atoms with E-state index >= 15 is 0 Å². The summed E-state index contributed by atoms with van der Waals surface area (Å²) in [5, 5.41) is 4.10. The van der Waals surface area contributed by atoms with Gasteiger partial charge in [-0.05, 0) is 38.5 Å². The summed E-state index contributed by atoms with van der Waals surface area (Å²) in [5.41, 5.74) is 3.23. The lowest BCUT2D eigenvalue weighted by Gasteiger charge is -2.19. The van der Waals surface area contributed by atoms with Crippen LogP contribution in [-0.2, 0) is 0 Å². The average molecular weight is 335 g/mol. The molecule has 5 nitrogen and oxygen atoms in total. The number of carbonyl (C=O) groups is 1. The van der Waals surface area contributed by atoms with E-state index in [1.54, 1.807) is 11.0 Å². The molecule has 0 radical (unpaired) electrons. The van der Waals surface area contributed by atoms with Gasteiger partial charge in [-0.3, -0.25) is 4.79 Å². The number of benzene rings is 2. The van der Waals surface area contributed by atoms with Crippen LogP contribution in [0.2, 0.25) is 0 Å². The van der Waals surface area contributed by atoms with Crippen molar-refractivity contribution in [2.75, 3.05) is 13.1 Å². The zero-order valence-electron chi connectivity index (χ0n) is 14.7. The van der Waals surface area contributed by atoms with Gasteiger partial charge in [-0.25, -0.2) is 0 Å². The molecule has 128 valence electrons. The van der Waals surface area contributed by atoms with Gasteiger partial charge in [0.1, 0.15) is 0 Å². The number of nitrogens with zero attached hydrogens (tertiary/aromatic N) is 3. The first-order valence-corrected chi connectivity index (χ1v) is 8.44. The average Bonchev–Trinajstić information content (AvgIpc) is 3.12. The van der Waals surface area contributed by atoms with E-state index in [1.807, 2.05) is 63.2 Å². The molecular weight excluding hydrogens is 314 g/mol. The van der Waals surface area contributed by atoms with Crippen molar-refractivity contribution < 1.29 is 9.32 Å². The summed E-state index contributed by atoms with van der Waals surface area (Å²) in [4.78, 5) is 19.1. The third-order valence-corrected chi connectivity index (χ3v) is 4.25. The molecule has 1 amide bonds. The molecule has 0 bridgehead atoms. The largest absolute Gasteiger partial charge is 0.339 e. The van der Waals surface area contributed by atoms with E-state index in [-0.39, 0.29) is 5.91 Å². The third kappa shape index (κ3) is 3.31. The third-order valence-electron chi connectivity index (χ3n) is 4.25. The zero-order chi connectivity index (χ0) is 17.8. The molecule has 2 aromatic carbocycles. The lowest BCUT2D eigenvalue weighted by atomic mass is 10.1. The Labute approximate surface area is 147 Å². The highest BCUT2D eigenvalue weighted by molar-refractivity contribution is 6.00. The molecule has 0 aliphatic heterocycles. The van der Waals surface area contributed by atoms with Crippen LogP contribution in [-0.4, -0.2) is 34.0 Å². The van der Waals surface area contributed by atoms with Crippen LogP contribution in [0, 0.1) is 6.92 Å². The van der Waals surface area contributed by atoms with E-state index in [1.165, 1.54) is 0 Å². The van der Waals surface area contributed by atoms with Crippen molar-refractivity contribution in [2.24, 2.45) is 0 Å². The van der Waals surface area contributed by atoms with Gasteiger partial charge in [0.2, 0.25) is 5.82 Å². The second-order valence-corrected chi connectivity index (χ2v) is 5.76. The Hall–Kier alpha value is -2.95. The lowest BCUT2D eigenvalue weighted by Crippen LogP contribution is -2.30. The van der Waals surface area contributed by atoms with Crippen LogP contribution >= 0.6 is 0 Å². The summed E-state index contributed by atoms with van der Waals surface area (Å²) in [6.45, 7) is 7.24. The quantitative estimate of drug-likeness (QED) is 0.701.